The maximum Gasteiger partial charge on any atom is 0.0127 e. The zero-order chi connectivity index (χ0) is 15.1. The number of rotatable bonds is 2. The molecular formula is C21H25N. The molecule has 1 heterocycles. The van der Waals surface area contributed by atoms with Crippen LogP contribution in [-0.4, -0.2) is 24.5 Å². The van der Waals surface area contributed by atoms with Gasteiger partial charge in [-0.1, -0.05) is 61.0 Å². The van der Waals surface area contributed by atoms with E-state index < -0.39 is 0 Å². The van der Waals surface area contributed by atoms with Gasteiger partial charge in [0.15, 0.2) is 0 Å². The summed E-state index contributed by atoms with van der Waals surface area (Å²) in [6, 6.07) is 18.4. The van der Waals surface area contributed by atoms with Crippen LogP contribution in [0.25, 0.3) is 0 Å². The summed E-state index contributed by atoms with van der Waals surface area (Å²) >= 11 is 0. The summed E-state index contributed by atoms with van der Waals surface area (Å²) in [5.74, 6) is 2.10. The lowest BCUT2D eigenvalue weighted by atomic mass is 9.78. The average molecular weight is 291 g/mol. The molecule has 0 N–H and O–H groups in total. The number of likely N-dealkylation sites (tertiary alicyclic amines) is 1. The Morgan fingerprint density at radius 2 is 1.73 bits per heavy atom. The van der Waals surface area contributed by atoms with E-state index in [0.717, 1.165) is 11.8 Å². The minimum atomic E-state index is 0.598. The van der Waals surface area contributed by atoms with Gasteiger partial charge in [-0.3, -0.25) is 0 Å². The Balaban J connectivity index is 1.77. The first-order chi connectivity index (χ1) is 10.8. The Kier molecular flexibility index (Phi) is 3.54. The maximum absolute atomic E-state index is 2.62. The second-order valence-electron chi connectivity index (χ2n) is 6.97. The van der Waals surface area contributed by atoms with Crippen LogP contribution >= 0.6 is 0 Å². The van der Waals surface area contributed by atoms with Gasteiger partial charge in [0.25, 0.3) is 0 Å². The Bertz CT molecular complexity index is 658. The van der Waals surface area contributed by atoms with Gasteiger partial charge in [-0.2, -0.15) is 0 Å². The van der Waals surface area contributed by atoms with E-state index in [1.54, 1.807) is 11.1 Å². The van der Waals surface area contributed by atoms with Crippen LogP contribution in [0, 0.1) is 12.8 Å². The molecule has 0 aromatic heterocycles. The molecule has 114 valence electrons. The van der Waals surface area contributed by atoms with Crippen LogP contribution in [0.2, 0.25) is 0 Å². The number of nitrogens with zero attached hydrogens (tertiary/aromatic N) is 1. The van der Waals surface area contributed by atoms with E-state index in [4.69, 9.17) is 0 Å². The highest BCUT2D eigenvalue weighted by molar-refractivity contribution is 5.47. The van der Waals surface area contributed by atoms with E-state index >= 15 is 0 Å². The summed E-state index contributed by atoms with van der Waals surface area (Å²) < 4.78 is 0. The van der Waals surface area contributed by atoms with Gasteiger partial charge in [-0.05, 0) is 49.0 Å². The fraction of sp³-hybridized carbons (Fsp3) is 0.429. The van der Waals surface area contributed by atoms with Gasteiger partial charge in [-0.25, -0.2) is 0 Å². The average Bonchev–Trinajstić information content (AvgIpc) is 2.89. The number of piperidine rings is 1. The van der Waals surface area contributed by atoms with E-state index in [0.29, 0.717) is 5.92 Å². The standard InChI is InChI=1S/C21H25N/c1-3-22-13-12-19-20(14-22)17-6-4-5-7-18(17)21(19)16-10-8-15(2)9-11-16/h4-11,19-21H,3,12-14H2,1-2H3/t19-,20-,21-/m1/s1. The third-order valence-corrected chi connectivity index (χ3v) is 5.79. The van der Waals surface area contributed by atoms with Crippen molar-refractivity contribution in [1.82, 2.24) is 4.90 Å². The predicted molar refractivity (Wildman–Crippen MR) is 92.4 cm³/mol. The van der Waals surface area contributed by atoms with Crippen molar-refractivity contribution in [3.8, 4) is 0 Å². The summed E-state index contributed by atoms with van der Waals surface area (Å²) in [6.45, 7) is 8.14. The summed E-state index contributed by atoms with van der Waals surface area (Å²) in [4.78, 5) is 2.62. The van der Waals surface area contributed by atoms with Crippen molar-refractivity contribution in [3.05, 3.63) is 70.8 Å². The van der Waals surface area contributed by atoms with Crippen LogP contribution in [-0.2, 0) is 0 Å². The maximum atomic E-state index is 2.62. The zero-order valence-corrected chi connectivity index (χ0v) is 13.6. The third kappa shape index (κ3) is 2.19. The first-order valence-electron chi connectivity index (χ1n) is 8.65. The largest absolute Gasteiger partial charge is 0.303 e. The number of likely N-dealkylation sites (N-methyl/N-ethyl adjacent to an activating group) is 1. The van der Waals surface area contributed by atoms with Gasteiger partial charge < -0.3 is 4.90 Å². The van der Waals surface area contributed by atoms with Crippen LogP contribution in [0.3, 0.4) is 0 Å². The SMILES string of the molecule is CCN1CC[C@H]2[C@H](c3ccc(C)cc3)c3ccccc3[C@H]2C1. The van der Waals surface area contributed by atoms with Crippen LogP contribution in [0.15, 0.2) is 48.5 Å². The fourth-order valence-corrected chi connectivity index (χ4v) is 4.62. The van der Waals surface area contributed by atoms with Gasteiger partial charge in [0.2, 0.25) is 0 Å². The van der Waals surface area contributed by atoms with E-state index in [2.05, 4.69) is 67.3 Å². The molecule has 3 atom stereocenters. The Labute approximate surface area is 134 Å². The molecule has 0 unspecified atom stereocenters. The minimum absolute atomic E-state index is 0.598. The van der Waals surface area contributed by atoms with Crippen molar-refractivity contribution < 1.29 is 0 Å². The lowest BCUT2D eigenvalue weighted by Crippen LogP contribution is -2.38. The van der Waals surface area contributed by atoms with E-state index in [9.17, 15) is 0 Å². The number of aryl methyl sites for hydroxylation is 1. The van der Waals surface area contributed by atoms with Gasteiger partial charge >= 0.3 is 0 Å². The molecule has 2 aromatic rings. The molecule has 2 aromatic carbocycles. The summed E-state index contributed by atoms with van der Waals surface area (Å²) in [5, 5.41) is 0. The van der Waals surface area contributed by atoms with Crippen molar-refractivity contribution in [2.45, 2.75) is 32.1 Å². The third-order valence-electron chi connectivity index (χ3n) is 5.79. The molecule has 0 bridgehead atoms. The smallest absolute Gasteiger partial charge is 0.0127 e. The van der Waals surface area contributed by atoms with Gasteiger partial charge in [0, 0.05) is 18.4 Å². The molecule has 1 nitrogen and oxygen atoms in total. The summed E-state index contributed by atoms with van der Waals surface area (Å²) in [5.41, 5.74) is 6.05. The molecule has 22 heavy (non-hydrogen) atoms. The second-order valence-corrected chi connectivity index (χ2v) is 6.97. The van der Waals surface area contributed by atoms with Crippen molar-refractivity contribution in [2.24, 2.45) is 5.92 Å². The van der Waals surface area contributed by atoms with Crippen LogP contribution in [0.1, 0.15) is 47.4 Å². The lowest BCUT2D eigenvalue weighted by molar-refractivity contribution is 0.167. The van der Waals surface area contributed by atoms with Gasteiger partial charge in [0.05, 0.1) is 0 Å². The Hall–Kier alpha value is -1.60. The predicted octanol–water partition coefficient (Wildman–Crippen LogP) is 4.57. The normalized spacial score (nSPS) is 27.5. The highest BCUT2D eigenvalue weighted by Gasteiger charge is 2.43. The van der Waals surface area contributed by atoms with Crippen molar-refractivity contribution in [1.29, 1.82) is 0 Å². The topological polar surface area (TPSA) is 3.24 Å². The first kappa shape index (κ1) is 14.0. The number of benzene rings is 2. The van der Waals surface area contributed by atoms with Crippen molar-refractivity contribution >= 4 is 0 Å². The molecule has 2 aliphatic rings. The highest BCUT2D eigenvalue weighted by atomic mass is 15.1. The van der Waals surface area contributed by atoms with Crippen LogP contribution in [0.4, 0.5) is 0 Å². The fourth-order valence-electron chi connectivity index (χ4n) is 4.62. The number of fused-ring (bicyclic) bond motifs is 3. The molecule has 1 aliphatic heterocycles. The monoisotopic (exact) mass is 291 g/mol. The summed E-state index contributed by atoms with van der Waals surface area (Å²) in [6.07, 6.45) is 1.33. The van der Waals surface area contributed by atoms with E-state index in [-0.39, 0.29) is 0 Å². The van der Waals surface area contributed by atoms with Crippen LogP contribution < -0.4 is 0 Å². The van der Waals surface area contributed by atoms with Gasteiger partial charge in [0.1, 0.15) is 0 Å². The number of hydrogen-bond donors (Lipinski definition) is 0. The van der Waals surface area contributed by atoms with Crippen molar-refractivity contribution in [2.75, 3.05) is 19.6 Å². The van der Waals surface area contributed by atoms with Gasteiger partial charge in [-0.15, -0.1) is 0 Å². The van der Waals surface area contributed by atoms with Crippen molar-refractivity contribution in [3.63, 3.8) is 0 Å². The quantitative estimate of drug-likeness (QED) is 0.783. The molecular weight excluding hydrogens is 266 g/mol. The Morgan fingerprint density at radius 3 is 2.45 bits per heavy atom. The Morgan fingerprint density at radius 1 is 1.00 bits per heavy atom. The molecule has 1 fully saturated rings. The molecule has 1 saturated heterocycles. The minimum Gasteiger partial charge on any atom is -0.303 e. The molecule has 0 spiro atoms. The molecule has 0 saturated carbocycles. The van der Waals surface area contributed by atoms with Crippen LogP contribution in [0.5, 0.6) is 0 Å². The highest BCUT2D eigenvalue weighted by Crippen LogP contribution is 2.52. The first-order valence-corrected chi connectivity index (χ1v) is 8.65. The molecule has 1 aliphatic carbocycles. The summed E-state index contributed by atoms with van der Waals surface area (Å²) in [7, 11) is 0. The van der Waals surface area contributed by atoms with E-state index in [1.807, 2.05) is 0 Å². The molecule has 0 amide bonds. The zero-order valence-electron chi connectivity index (χ0n) is 13.6. The molecule has 1 heteroatoms. The lowest BCUT2D eigenvalue weighted by Gasteiger charge is -2.37. The molecule has 4 rings (SSSR count). The second kappa shape index (κ2) is 5.55. The van der Waals surface area contributed by atoms with E-state index in [1.165, 1.54) is 37.2 Å². The number of hydrogen-bond acceptors (Lipinski definition) is 1. The molecule has 0 radical (unpaired) electrons.